The van der Waals surface area contributed by atoms with E-state index in [0.29, 0.717) is 11.6 Å². The highest BCUT2D eigenvalue weighted by Crippen LogP contribution is 2.38. The summed E-state index contributed by atoms with van der Waals surface area (Å²) in [5.74, 6) is -0.0958. The summed E-state index contributed by atoms with van der Waals surface area (Å²) in [5.41, 5.74) is 3.65. The summed E-state index contributed by atoms with van der Waals surface area (Å²) in [6.45, 7) is 2.99. The molecular formula is C25H23BrClN3O. The fourth-order valence-corrected chi connectivity index (χ4v) is 4.45. The van der Waals surface area contributed by atoms with E-state index >= 15 is 0 Å². The predicted molar refractivity (Wildman–Crippen MR) is 131 cm³/mol. The number of amides is 1. The topological polar surface area (TPSA) is 44.7 Å². The average molecular weight is 497 g/mol. The van der Waals surface area contributed by atoms with Crippen molar-refractivity contribution >= 4 is 44.8 Å². The van der Waals surface area contributed by atoms with Gasteiger partial charge in [-0.05, 0) is 53.9 Å². The van der Waals surface area contributed by atoms with Crippen molar-refractivity contribution in [2.75, 3.05) is 18.4 Å². The number of anilines is 1. The lowest BCUT2D eigenvalue weighted by Crippen LogP contribution is -2.40. The van der Waals surface area contributed by atoms with Crippen molar-refractivity contribution in [3.8, 4) is 0 Å². The Bertz CT molecular complexity index is 1080. The summed E-state index contributed by atoms with van der Waals surface area (Å²) < 4.78 is 0.970. The number of halogens is 2. The van der Waals surface area contributed by atoms with Gasteiger partial charge in [0.15, 0.2) is 0 Å². The van der Waals surface area contributed by atoms with Crippen LogP contribution < -0.4 is 5.32 Å². The van der Waals surface area contributed by atoms with Crippen LogP contribution in [0.5, 0.6) is 0 Å². The Labute approximate surface area is 196 Å². The van der Waals surface area contributed by atoms with E-state index in [9.17, 15) is 4.79 Å². The molecule has 158 valence electrons. The number of carbonyl (C=O) groups is 1. The number of hydrogen-bond donors (Lipinski definition) is 1. The van der Waals surface area contributed by atoms with Gasteiger partial charge in [0, 0.05) is 15.2 Å². The molecular weight excluding hydrogens is 474 g/mol. The number of carbonyl (C=O) groups excluding carboxylic acids is 1. The second-order valence-electron chi connectivity index (χ2n) is 7.63. The maximum Gasteiger partial charge on any atom is 0.245 e. The van der Waals surface area contributed by atoms with Crippen LogP contribution in [0.4, 0.5) is 5.69 Å². The van der Waals surface area contributed by atoms with Crippen LogP contribution in [0, 0.1) is 0 Å². The quantitative estimate of drug-likeness (QED) is 0.447. The largest absolute Gasteiger partial charge is 0.324 e. The maximum absolute atomic E-state index is 12.7. The molecule has 1 amide bonds. The monoisotopic (exact) mass is 495 g/mol. The smallest absolute Gasteiger partial charge is 0.245 e. The SMILES string of the molecule is CCC1(c2ccccc2)CN(CC(=O)Nc2ccc(Br)cc2)N=C1c1ccc(Cl)cc1. The van der Waals surface area contributed by atoms with E-state index in [1.807, 2.05) is 59.6 Å². The van der Waals surface area contributed by atoms with Gasteiger partial charge in [-0.2, -0.15) is 5.10 Å². The van der Waals surface area contributed by atoms with Gasteiger partial charge < -0.3 is 5.32 Å². The van der Waals surface area contributed by atoms with Gasteiger partial charge in [-0.25, -0.2) is 0 Å². The highest BCUT2D eigenvalue weighted by Gasteiger charge is 2.43. The summed E-state index contributed by atoms with van der Waals surface area (Å²) in [4.78, 5) is 12.7. The van der Waals surface area contributed by atoms with Crippen LogP contribution in [0.3, 0.4) is 0 Å². The minimum atomic E-state index is -0.299. The van der Waals surface area contributed by atoms with E-state index in [1.54, 1.807) is 0 Å². The highest BCUT2D eigenvalue weighted by atomic mass is 79.9. The molecule has 1 heterocycles. The van der Waals surface area contributed by atoms with Crippen LogP contribution in [0.15, 0.2) is 88.4 Å². The van der Waals surface area contributed by atoms with Gasteiger partial charge in [0.2, 0.25) is 5.91 Å². The highest BCUT2D eigenvalue weighted by molar-refractivity contribution is 9.10. The number of hydrogen-bond acceptors (Lipinski definition) is 3. The fraction of sp³-hybridized carbons (Fsp3) is 0.200. The molecule has 31 heavy (non-hydrogen) atoms. The Balaban J connectivity index is 1.63. The third-order valence-corrected chi connectivity index (χ3v) is 6.43. The Morgan fingerprint density at radius 2 is 1.74 bits per heavy atom. The zero-order valence-electron chi connectivity index (χ0n) is 17.2. The van der Waals surface area contributed by atoms with E-state index in [4.69, 9.17) is 16.7 Å². The first-order valence-electron chi connectivity index (χ1n) is 10.2. The summed E-state index contributed by atoms with van der Waals surface area (Å²) in [6, 6.07) is 25.7. The second kappa shape index (κ2) is 9.25. The molecule has 1 aliphatic heterocycles. The van der Waals surface area contributed by atoms with Crippen LogP contribution in [-0.2, 0) is 10.2 Å². The van der Waals surface area contributed by atoms with Gasteiger partial charge in [0.05, 0.1) is 17.7 Å². The molecule has 1 aliphatic rings. The van der Waals surface area contributed by atoms with Crippen LogP contribution in [-0.4, -0.2) is 29.7 Å². The number of benzene rings is 3. The zero-order chi connectivity index (χ0) is 21.8. The van der Waals surface area contributed by atoms with E-state index in [2.05, 4.69) is 52.4 Å². The molecule has 0 aliphatic carbocycles. The number of nitrogens with zero attached hydrogens (tertiary/aromatic N) is 2. The molecule has 1 atom stereocenters. The van der Waals surface area contributed by atoms with Crippen LogP contribution in [0.2, 0.25) is 5.02 Å². The third-order valence-electron chi connectivity index (χ3n) is 5.65. The molecule has 4 nitrogen and oxygen atoms in total. The van der Waals surface area contributed by atoms with E-state index < -0.39 is 0 Å². The standard InChI is InChI=1S/C25H23BrClN3O/c1-2-25(19-6-4-3-5-7-19)17-30(29-24(25)18-8-12-21(27)13-9-18)16-23(31)28-22-14-10-20(26)11-15-22/h3-15H,2,16-17H2,1H3,(H,28,31). The first kappa shape index (κ1) is 21.6. The van der Waals surface area contributed by atoms with Gasteiger partial charge in [0.1, 0.15) is 6.54 Å². The summed E-state index contributed by atoms with van der Waals surface area (Å²) in [6.07, 6.45) is 0.864. The minimum Gasteiger partial charge on any atom is -0.324 e. The number of rotatable bonds is 6. The number of nitrogens with one attached hydrogen (secondary N) is 1. The Morgan fingerprint density at radius 3 is 2.39 bits per heavy atom. The summed E-state index contributed by atoms with van der Waals surface area (Å²) in [7, 11) is 0. The number of hydrazone groups is 1. The first-order valence-corrected chi connectivity index (χ1v) is 11.4. The molecule has 0 saturated carbocycles. The molecule has 0 aromatic heterocycles. The van der Waals surface area contributed by atoms with Crippen molar-refractivity contribution in [1.82, 2.24) is 5.01 Å². The molecule has 3 aromatic carbocycles. The van der Waals surface area contributed by atoms with Crippen LogP contribution >= 0.6 is 27.5 Å². The molecule has 4 rings (SSSR count). The van der Waals surface area contributed by atoms with Gasteiger partial charge in [-0.15, -0.1) is 0 Å². The van der Waals surface area contributed by atoms with Crippen molar-refractivity contribution in [1.29, 1.82) is 0 Å². The van der Waals surface area contributed by atoms with Gasteiger partial charge in [-0.3, -0.25) is 9.80 Å². The fourth-order valence-electron chi connectivity index (χ4n) is 4.06. The van der Waals surface area contributed by atoms with Gasteiger partial charge >= 0.3 is 0 Å². The molecule has 3 aromatic rings. The normalized spacial score (nSPS) is 18.0. The molecule has 0 spiro atoms. The summed E-state index contributed by atoms with van der Waals surface area (Å²) >= 11 is 9.53. The van der Waals surface area contributed by atoms with Crippen LogP contribution in [0.25, 0.3) is 0 Å². The second-order valence-corrected chi connectivity index (χ2v) is 8.99. The molecule has 0 radical (unpaired) electrons. The predicted octanol–water partition coefficient (Wildman–Crippen LogP) is 6.11. The summed E-state index contributed by atoms with van der Waals surface area (Å²) in [5, 5.41) is 10.4. The van der Waals surface area contributed by atoms with Crippen molar-refractivity contribution in [3.05, 3.63) is 99.5 Å². The van der Waals surface area contributed by atoms with Crippen molar-refractivity contribution < 1.29 is 4.79 Å². The van der Waals surface area contributed by atoms with Crippen molar-refractivity contribution in [3.63, 3.8) is 0 Å². The molecule has 1 N–H and O–H groups in total. The molecule has 0 saturated heterocycles. The zero-order valence-corrected chi connectivity index (χ0v) is 19.5. The lowest BCUT2D eigenvalue weighted by atomic mass is 9.72. The van der Waals surface area contributed by atoms with Crippen molar-refractivity contribution in [2.45, 2.75) is 18.8 Å². The van der Waals surface area contributed by atoms with E-state index in [1.165, 1.54) is 5.56 Å². The first-order chi connectivity index (χ1) is 15.0. The van der Waals surface area contributed by atoms with E-state index in [0.717, 1.165) is 27.9 Å². The van der Waals surface area contributed by atoms with Gasteiger partial charge in [-0.1, -0.05) is 76.9 Å². The third kappa shape index (κ3) is 4.68. The molecule has 0 bridgehead atoms. The Kier molecular flexibility index (Phi) is 6.44. The average Bonchev–Trinajstić information content (AvgIpc) is 3.16. The Hall–Kier alpha value is -2.63. The minimum absolute atomic E-state index is 0.0958. The lowest BCUT2D eigenvalue weighted by Gasteiger charge is -2.30. The molecule has 6 heteroatoms. The Morgan fingerprint density at radius 1 is 1.06 bits per heavy atom. The van der Waals surface area contributed by atoms with E-state index in [-0.39, 0.29) is 17.9 Å². The lowest BCUT2D eigenvalue weighted by molar-refractivity contribution is -0.117. The molecule has 1 unspecified atom stereocenters. The van der Waals surface area contributed by atoms with Gasteiger partial charge in [0.25, 0.3) is 0 Å². The van der Waals surface area contributed by atoms with Crippen LogP contribution in [0.1, 0.15) is 24.5 Å². The maximum atomic E-state index is 12.7. The van der Waals surface area contributed by atoms with Crippen molar-refractivity contribution in [2.24, 2.45) is 5.10 Å². The molecule has 0 fully saturated rings.